The average molecular weight is 667 g/mol. The minimum absolute atomic E-state index is 0.0659. The summed E-state index contributed by atoms with van der Waals surface area (Å²) < 4.78 is 16.6. The zero-order valence-electron chi connectivity index (χ0n) is 31.7. The largest absolute Gasteiger partial charge is 0.462 e. The minimum atomic E-state index is -0.757. The van der Waals surface area contributed by atoms with Gasteiger partial charge in [-0.15, -0.1) is 0 Å². The van der Waals surface area contributed by atoms with Gasteiger partial charge >= 0.3 is 17.9 Å². The van der Waals surface area contributed by atoms with Gasteiger partial charge in [0, 0.05) is 19.3 Å². The second-order valence-electron chi connectivity index (χ2n) is 14.4. The molecule has 6 nitrogen and oxygen atoms in total. The van der Waals surface area contributed by atoms with Crippen LogP contribution in [0.3, 0.4) is 0 Å². The van der Waals surface area contributed by atoms with Crippen LogP contribution < -0.4 is 0 Å². The topological polar surface area (TPSA) is 78.9 Å². The van der Waals surface area contributed by atoms with E-state index in [0.29, 0.717) is 19.3 Å². The van der Waals surface area contributed by atoms with E-state index in [-0.39, 0.29) is 31.1 Å². The molecule has 0 saturated carbocycles. The third-order valence-electron chi connectivity index (χ3n) is 9.04. The van der Waals surface area contributed by atoms with Crippen LogP contribution in [-0.4, -0.2) is 37.2 Å². The highest BCUT2D eigenvalue weighted by Gasteiger charge is 2.19. The van der Waals surface area contributed by atoms with Gasteiger partial charge in [0.15, 0.2) is 6.10 Å². The Hall–Kier alpha value is -1.59. The molecule has 0 radical (unpaired) electrons. The lowest BCUT2D eigenvalue weighted by Gasteiger charge is -2.18. The van der Waals surface area contributed by atoms with E-state index in [1.54, 1.807) is 0 Å². The lowest BCUT2D eigenvalue weighted by molar-refractivity contribution is -0.167. The number of unbranched alkanes of at least 4 members (excludes halogenated alkanes) is 23. The predicted molar refractivity (Wildman–Crippen MR) is 196 cm³/mol. The fourth-order valence-corrected chi connectivity index (χ4v) is 5.92. The number of hydrogen-bond acceptors (Lipinski definition) is 6. The summed E-state index contributed by atoms with van der Waals surface area (Å²) in [6.07, 6.45) is 32.4. The van der Waals surface area contributed by atoms with Crippen molar-refractivity contribution in [1.29, 1.82) is 0 Å². The van der Waals surface area contributed by atoms with Crippen LogP contribution in [0.25, 0.3) is 0 Å². The van der Waals surface area contributed by atoms with Crippen LogP contribution in [0.15, 0.2) is 0 Å². The molecule has 0 heterocycles. The molecule has 0 N–H and O–H groups in total. The second kappa shape index (κ2) is 35.7. The highest BCUT2D eigenvalue weighted by molar-refractivity contribution is 5.71. The maximum Gasteiger partial charge on any atom is 0.306 e. The number of carbonyl (C=O) groups excluding carboxylic acids is 3. The van der Waals surface area contributed by atoms with Gasteiger partial charge in [-0.2, -0.15) is 0 Å². The summed E-state index contributed by atoms with van der Waals surface area (Å²) >= 11 is 0. The van der Waals surface area contributed by atoms with E-state index >= 15 is 0 Å². The van der Waals surface area contributed by atoms with Crippen molar-refractivity contribution in [3.05, 3.63) is 0 Å². The lowest BCUT2D eigenvalue weighted by atomic mass is 10.0. The van der Waals surface area contributed by atoms with Crippen molar-refractivity contribution in [2.45, 2.75) is 226 Å². The second-order valence-corrected chi connectivity index (χ2v) is 14.4. The van der Waals surface area contributed by atoms with Crippen molar-refractivity contribution < 1.29 is 28.6 Å². The first-order chi connectivity index (χ1) is 22.9. The highest BCUT2D eigenvalue weighted by Crippen LogP contribution is 2.15. The molecule has 0 spiro atoms. The normalized spacial score (nSPS) is 11.9. The Bertz CT molecular complexity index is 706. The Balaban J connectivity index is 4.32. The van der Waals surface area contributed by atoms with E-state index in [1.165, 1.54) is 116 Å². The van der Waals surface area contributed by atoms with Crippen molar-refractivity contribution in [3.63, 3.8) is 0 Å². The average Bonchev–Trinajstić information content (AvgIpc) is 3.05. The van der Waals surface area contributed by atoms with Gasteiger partial charge in [-0.3, -0.25) is 14.4 Å². The Morgan fingerprint density at radius 2 is 0.702 bits per heavy atom. The molecular weight excluding hydrogens is 588 g/mol. The Labute approximate surface area is 291 Å². The third-order valence-corrected chi connectivity index (χ3v) is 9.04. The van der Waals surface area contributed by atoms with E-state index in [1.807, 2.05) is 0 Å². The number of carbonyl (C=O) groups is 3. The van der Waals surface area contributed by atoms with Gasteiger partial charge in [0.05, 0.1) is 0 Å². The molecule has 0 saturated heterocycles. The first kappa shape index (κ1) is 45.4. The SMILES string of the molecule is CCCCCCCCCCCCCCC(=O)O[C@@H](COC(=O)CCCCCCCCC)COC(=O)CCCCCCCCCC(C)C. The molecule has 0 aromatic carbocycles. The van der Waals surface area contributed by atoms with Crippen LogP contribution in [0, 0.1) is 5.92 Å². The number of hydrogen-bond donors (Lipinski definition) is 0. The highest BCUT2D eigenvalue weighted by atomic mass is 16.6. The first-order valence-corrected chi connectivity index (χ1v) is 20.4. The molecular formula is C41H78O6. The van der Waals surface area contributed by atoms with Crippen LogP contribution in [0.4, 0.5) is 0 Å². The monoisotopic (exact) mass is 667 g/mol. The van der Waals surface area contributed by atoms with Gasteiger partial charge in [0.25, 0.3) is 0 Å². The summed E-state index contributed by atoms with van der Waals surface area (Å²) in [4.78, 5) is 37.4. The van der Waals surface area contributed by atoms with E-state index in [9.17, 15) is 14.4 Å². The number of rotatable bonds is 36. The van der Waals surface area contributed by atoms with Gasteiger partial charge in [0.2, 0.25) is 0 Å². The summed E-state index contributed by atoms with van der Waals surface area (Å²) in [5.74, 6) is -0.0885. The Kier molecular flexibility index (Phi) is 34.5. The number of ether oxygens (including phenoxy) is 3. The maximum absolute atomic E-state index is 12.6. The molecule has 0 unspecified atom stereocenters. The Morgan fingerprint density at radius 3 is 1.04 bits per heavy atom. The summed E-state index contributed by atoms with van der Waals surface area (Å²) in [5, 5.41) is 0. The quantitative estimate of drug-likeness (QED) is 0.0376. The molecule has 6 heteroatoms. The predicted octanol–water partition coefficient (Wildman–Crippen LogP) is 12.4. The lowest BCUT2D eigenvalue weighted by Crippen LogP contribution is -2.30. The van der Waals surface area contributed by atoms with Gasteiger partial charge < -0.3 is 14.2 Å². The fraction of sp³-hybridized carbons (Fsp3) is 0.927. The van der Waals surface area contributed by atoms with Crippen LogP contribution in [-0.2, 0) is 28.6 Å². The molecule has 0 aliphatic heterocycles. The summed E-state index contributed by atoms with van der Waals surface area (Å²) in [6.45, 7) is 8.88. The summed E-state index contributed by atoms with van der Waals surface area (Å²) in [7, 11) is 0. The van der Waals surface area contributed by atoms with Crippen molar-refractivity contribution in [1.82, 2.24) is 0 Å². The van der Waals surface area contributed by atoms with Gasteiger partial charge in [-0.1, -0.05) is 182 Å². The van der Waals surface area contributed by atoms with E-state index in [2.05, 4.69) is 27.7 Å². The maximum atomic E-state index is 12.6. The smallest absolute Gasteiger partial charge is 0.306 e. The van der Waals surface area contributed by atoms with Crippen LogP contribution >= 0.6 is 0 Å². The summed E-state index contributed by atoms with van der Waals surface area (Å²) in [6, 6.07) is 0. The molecule has 0 aliphatic carbocycles. The van der Waals surface area contributed by atoms with Gasteiger partial charge in [-0.25, -0.2) is 0 Å². The first-order valence-electron chi connectivity index (χ1n) is 20.4. The molecule has 0 aromatic rings. The minimum Gasteiger partial charge on any atom is -0.462 e. The molecule has 0 aromatic heterocycles. The fourth-order valence-electron chi connectivity index (χ4n) is 5.92. The molecule has 47 heavy (non-hydrogen) atoms. The zero-order chi connectivity index (χ0) is 34.6. The van der Waals surface area contributed by atoms with Crippen molar-refractivity contribution in [2.75, 3.05) is 13.2 Å². The van der Waals surface area contributed by atoms with Crippen molar-refractivity contribution >= 4 is 17.9 Å². The third kappa shape index (κ3) is 35.5. The van der Waals surface area contributed by atoms with Crippen molar-refractivity contribution in [3.8, 4) is 0 Å². The zero-order valence-corrected chi connectivity index (χ0v) is 31.7. The molecule has 278 valence electrons. The molecule has 1 atom stereocenters. The molecule has 0 fully saturated rings. The molecule has 0 rings (SSSR count). The molecule has 0 amide bonds. The summed E-state index contributed by atoms with van der Waals surface area (Å²) in [5.41, 5.74) is 0. The molecule has 0 bridgehead atoms. The van der Waals surface area contributed by atoms with E-state index < -0.39 is 6.10 Å². The van der Waals surface area contributed by atoms with Gasteiger partial charge in [-0.05, 0) is 25.2 Å². The van der Waals surface area contributed by atoms with Gasteiger partial charge in [0.1, 0.15) is 13.2 Å². The van der Waals surface area contributed by atoms with Crippen LogP contribution in [0.2, 0.25) is 0 Å². The van der Waals surface area contributed by atoms with Crippen LogP contribution in [0.5, 0.6) is 0 Å². The standard InChI is InChI=1S/C41H78O6/c1-5-7-9-11-13-14-15-16-17-21-26-30-34-41(44)47-38(35-45-39(42)32-28-24-19-12-10-8-6-2)36-46-40(43)33-29-25-22-18-20-23-27-31-37(3)4/h37-38H,5-36H2,1-4H3/t38-/m0/s1. The van der Waals surface area contributed by atoms with E-state index in [0.717, 1.165) is 63.7 Å². The number of esters is 3. The van der Waals surface area contributed by atoms with Crippen LogP contribution in [0.1, 0.15) is 220 Å². The molecule has 0 aliphatic rings. The van der Waals surface area contributed by atoms with E-state index in [4.69, 9.17) is 14.2 Å². The Morgan fingerprint density at radius 1 is 0.404 bits per heavy atom. The van der Waals surface area contributed by atoms with Crippen molar-refractivity contribution in [2.24, 2.45) is 5.92 Å².